The van der Waals surface area contributed by atoms with Crippen LogP contribution in [0.15, 0.2) is 29.6 Å². The summed E-state index contributed by atoms with van der Waals surface area (Å²) in [7, 11) is 0. The maximum atomic E-state index is 12.3. The van der Waals surface area contributed by atoms with E-state index in [4.69, 9.17) is 0 Å². The summed E-state index contributed by atoms with van der Waals surface area (Å²) < 4.78 is 1.21. The van der Waals surface area contributed by atoms with E-state index in [0.717, 1.165) is 23.9 Å². The molecule has 2 nitrogen and oxygen atoms in total. The van der Waals surface area contributed by atoms with Gasteiger partial charge in [-0.1, -0.05) is 24.6 Å². The molecule has 3 rings (SSSR count). The first-order valence-corrected chi connectivity index (χ1v) is 8.44. The second kappa shape index (κ2) is 8.06. The summed E-state index contributed by atoms with van der Waals surface area (Å²) in [6, 6.07) is 8.19. The van der Waals surface area contributed by atoms with E-state index in [-0.39, 0.29) is 17.0 Å². The molecular formula is C17H22BrNOS. The zero-order valence-corrected chi connectivity index (χ0v) is 14.7. The van der Waals surface area contributed by atoms with Crippen LogP contribution in [0.3, 0.4) is 0 Å². The number of rotatable bonds is 5. The topological polar surface area (TPSA) is 20.3 Å². The summed E-state index contributed by atoms with van der Waals surface area (Å²) in [6.07, 6.45) is 5.68. The molecule has 1 aliphatic rings. The third-order valence-corrected chi connectivity index (χ3v) is 5.07. The molecule has 4 heteroatoms. The van der Waals surface area contributed by atoms with Crippen molar-refractivity contribution in [3.8, 4) is 0 Å². The molecule has 0 N–H and O–H groups in total. The zero-order chi connectivity index (χ0) is 13.8. The first kappa shape index (κ1) is 16.7. The van der Waals surface area contributed by atoms with Crippen LogP contribution in [-0.4, -0.2) is 30.3 Å². The van der Waals surface area contributed by atoms with Crippen LogP contribution in [0.1, 0.15) is 42.5 Å². The van der Waals surface area contributed by atoms with Crippen LogP contribution in [0, 0.1) is 0 Å². The van der Waals surface area contributed by atoms with Crippen molar-refractivity contribution in [2.75, 3.05) is 19.6 Å². The Morgan fingerprint density at radius 1 is 1.14 bits per heavy atom. The predicted molar refractivity (Wildman–Crippen MR) is 96.0 cm³/mol. The summed E-state index contributed by atoms with van der Waals surface area (Å²) in [4.78, 5) is 14.9. The highest BCUT2D eigenvalue weighted by atomic mass is 79.9. The Labute approximate surface area is 140 Å². The lowest BCUT2D eigenvalue weighted by Gasteiger charge is -2.26. The number of hydrogen-bond acceptors (Lipinski definition) is 3. The van der Waals surface area contributed by atoms with Crippen LogP contribution in [0.25, 0.3) is 10.1 Å². The van der Waals surface area contributed by atoms with Crippen molar-refractivity contribution in [3.05, 3.63) is 35.2 Å². The van der Waals surface area contributed by atoms with Gasteiger partial charge in [0.2, 0.25) is 0 Å². The number of benzene rings is 1. The van der Waals surface area contributed by atoms with Gasteiger partial charge in [-0.15, -0.1) is 28.3 Å². The molecule has 1 aliphatic heterocycles. The van der Waals surface area contributed by atoms with E-state index in [1.165, 1.54) is 37.1 Å². The average Bonchev–Trinajstić information content (AvgIpc) is 2.92. The third-order valence-electron chi connectivity index (χ3n) is 4.11. The van der Waals surface area contributed by atoms with Gasteiger partial charge in [0.05, 0.1) is 0 Å². The second-order valence-corrected chi connectivity index (χ2v) is 6.49. The molecule has 0 amide bonds. The molecule has 0 atom stereocenters. The zero-order valence-electron chi connectivity index (χ0n) is 12.2. The molecule has 0 saturated carbocycles. The smallest absolute Gasteiger partial charge is 0.164 e. The molecule has 1 saturated heterocycles. The Balaban J connectivity index is 0.00000161. The predicted octanol–water partition coefficient (Wildman–Crippen LogP) is 4.93. The summed E-state index contributed by atoms with van der Waals surface area (Å²) in [5, 5.41) is 3.15. The van der Waals surface area contributed by atoms with Crippen LogP contribution < -0.4 is 0 Å². The molecule has 0 aliphatic carbocycles. The minimum absolute atomic E-state index is 0. The number of ketones is 1. The van der Waals surface area contributed by atoms with Crippen LogP contribution in [0.4, 0.5) is 0 Å². The normalized spacial score (nSPS) is 15.8. The maximum Gasteiger partial charge on any atom is 0.164 e. The number of Topliss-reactive ketones (excluding diaryl/α,β-unsaturated/α-hetero) is 1. The van der Waals surface area contributed by atoms with Crippen molar-refractivity contribution < 1.29 is 4.79 Å². The fourth-order valence-corrected chi connectivity index (χ4v) is 3.94. The van der Waals surface area contributed by atoms with Gasteiger partial charge in [0.25, 0.3) is 0 Å². The summed E-state index contributed by atoms with van der Waals surface area (Å²) in [6.45, 7) is 3.51. The van der Waals surface area contributed by atoms with Gasteiger partial charge in [-0.3, -0.25) is 4.79 Å². The Hall–Kier alpha value is -0.710. The molecule has 1 aromatic heterocycles. The molecule has 0 spiro atoms. The van der Waals surface area contributed by atoms with Gasteiger partial charge >= 0.3 is 0 Å². The van der Waals surface area contributed by atoms with Gasteiger partial charge < -0.3 is 4.90 Å². The number of thiophene rings is 1. The lowest BCUT2D eigenvalue weighted by Crippen LogP contribution is -2.30. The molecular weight excluding hydrogens is 346 g/mol. The van der Waals surface area contributed by atoms with Crippen LogP contribution in [0.5, 0.6) is 0 Å². The number of halogens is 1. The van der Waals surface area contributed by atoms with Crippen molar-refractivity contribution in [1.29, 1.82) is 0 Å². The molecule has 2 heterocycles. The Morgan fingerprint density at radius 2 is 1.90 bits per heavy atom. The third kappa shape index (κ3) is 4.15. The fourth-order valence-electron chi connectivity index (χ4n) is 2.97. The van der Waals surface area contributed by atoms with E-state index in [1.54, 1.807) is 11.3 Å². The molecule has 0 unspecified atom stereocenters. The molecule has 1 fully saturated rings. The largest absolute Gasteiger partial charge is 0.303 e. The lowest BCUT2D eigenvalue weighted by molar-refractivity contribution is 0.0975. The number of likely N-dealkylation sites (tertiary alicyclic amines) is 1. The van der Waals surface area contributed by atoms with Crippen molar-refractivity contribution in [2.45, 2.75) is 32.1 Å². The Morgan fingerprint density at radius 3 is 2.71 bits per heavy atom. The van der Waals surface area contributed by atoms with Gasteiger partial charge in [-0.2, -0.15) is 0 Å². The number of carbonyl (C=O) groups excluding carboxylic acids is 1. The number of nitrogens with zero attached hydrogens (tertiary/aromatic N) is 1. The molecule has 1 aromatic carbocycles. The van der Waals surface area contributed by atoms with Crippen molar-refractivity contribution >= 4 is 44.2 Å². The quantitative estimate of drug-likeness (QED) is 0.698. The number of hydrogen-bond donors (Lipinski definition) is 0. The van der Waals surface area contributed by atoms with Crippen LogP contribution in [-0.2, 0) is 0 Å². The SMILES string of the molecule is Br.O=C(CCCN1CCCCC1)c1csc2ccccc12. The molecule has 21 heavy (non-hydrogen) atoms. The van der Waals surface area contributed by atoms with E-state index in [2.05, 4.69) is 17.0 Å². The average molecular weight is 368 g/mol. The van der Waals surface area contributed by atoms with Crippen LogP contribution >= 0.6 is 28.3 Å². The highest BCUT2D eigenvalue weighted by Crippen LogP contribution is 2.26. The van der Waals surface area contributed by atoms with E-state index in [1.807, 2.05) is 17.5 Å². The monoisotopic (exact) mass is 367 g/mol. The first-order chi connectivity index (χ1) is 9.84. The van der Waals surface area contributed by atoms with Gasteiger partial charge in [-0.05, 0) is 45.0 Å². The molecule has 2 aromatic rings. The Bertz CT molecular complexity index is 589. The lowest BCUT2D eigenvalue weighted by atomic mass is 10.0. The van der Waals surface area contributed by atoms with Crippen molar-refractivity contribution in [2.24, 2.45) is 0 Å². The van der Waals surface area contributed by atoms with Crippen LogP contribution in [0.2, 0.25) is 0 Å². The minimum atomic E-state index is 0. The van der Waals surface area contributed by atoms with Gasteiger partial charge in [0.15, 0.2) is 5.78 Å². The van der Waals surface area contributed by atoms with Crippen molar-refractivity contribution in [1.82, 2.24) is 4.90 Å². The Kier molecular flexibility index (Phi) is 6.40. The van der Waals surface area contributed by atoms with E-state index >= 15 is 0 Å². The number of piperidine rings is 1. The molecule has 114 valence electrons. The highest BCUT2D eigenvalue weighted by Gasteiger charge is 2.13. The number of fused-ring (bicyclic) bond motifs is 1. The number of carbonyl (C=O) groups is 1. The van der Waals surface area contributed by atoms with E-state index < -0.39 is 0 Å². The van der Waals surface area contributed by atoms with E-state index in [9.17, 15) is 4.79 Å². The first-order valence-electron chi connectivity index (χ1n) is 7.56. The van der Waals surface area contributed by atoms with Gasteiger partial charge in [0, 0.05) is 27.5 Å². The maximum absolute atomic E-state index is 12.3. The van der Waals surface area contributed by atoms with Crippen molar-refractivity contribution in [3.63, 3.8) is 0 Å². The van der Waals surface area contributed by atoms with Gasteiger partial charge in [-0.25, -0.2) is 0 Å². The minimum Gasteiger partial charge on any atom is -0.303 e. The standard InChI is InChI=1S/C17H21NOS.BrH/c19-16(8-6-12-18-10-4-1-5-11-18)15-13-20-17-9-3-2-7-14(15)17;/h2-3,7,9,13H,1,4-6,8,10-12H2;1H. The molecule has 0 bridgehead atoms. The fraction of sp³-hybridized carbons (Fsp3) is 0.471. The van der Waals surface area contributed by atoms with Gasteiger partial charge in [0.1, 0.15) is 0 Å². The summed E-state index contributed by atoms with van der Waals surface area (Å²) >= 11 is 1.67. The van der Waals surface area contributed by atoms with E-state index in [0.29, 0.717) is 12.2 Å². The summed E-state index contributed by atoms with van der Waals surface area (Å²) in [5.74, 6) is 0.305. The summed E-state index contributed by atoms with van der Waals surface area (Å²) in [5.41, 5.74) is 0.921. The highest BCUT2D eigenvalue weighted by molar-refractivity contribution is 8.93. The second-order valence-electron chi connectivity index (χ2n) is 5.57. The molecule has 0 radical (unpaired) electrons.